The molecular formula is C20H24N4O2. The second-order valence-corrected chi connectivity index (χ2v) is 7.26. The van der Waals surface area contributed by atoms with Crippen LogP contribution in [0.1, 0.15) is 23.2 Å². The Bertz CT molecular complexity index is 740. The number of nitrogens with zero attached hydrogens (tertiary/aromatic N) is 4. The quantitative estimate of drug-likeness (QED) is 0.830. The van der Waals surface area contributed by atoms with Gasteiger partial charge in [0.25, 0.3) is 5.91 Å². The van der Waals surface area contributed by atoms with Crippen molar-refractivity contribution < 1.29 is 9.53 Å². The summed E-state index contributed by atoms with van der Waals surface area (Å²) in [7, 11) is 0. The van der Waals surface area contributed by atoms with E-state index in [1.165, 1.54) is 0 Å². The van der Waals surface area contributed by atoms with Gasteiger partial charge in [-0.3, -0.25) is 14.8 Å². The predicted octanol–water partition coefficient (Wildman–Crippen LogP) is 2.24. The molecule has 2 aliphatic heterocycles. The van der Waals surface area contributed by atoms with Gasteiger partial charge in [-0.25, -0.2) is 0 Å². The highest BCUT2D eigenvalue weighted by atomic mass is 16.5. The van der Waals surface area contributed by atoms with Crippen molar-refractivity contribution in [3.05, 3.63) is 54.6 Å². The minimum Gasteiger partial charge on any atom is -0.379 e. The number of anilines is 1. The lowest BCUT2D eigenvalue weighted by Crippen LogP contribution is -2.52. The fourth-order valence-electron chi connectivity index (χ4n) is 4.05. The van der Waals surface area contributed by atoms with Gasteiger partial charge in [0, 0.05) is 50.2 Å². The first-order chi connectivity index (χ1) is 12.8. The maximum atomic E-state index is 12.9. The van der Waals surface area contributed by atoms with Crippen LogP contribution < -0.4 is 4.90 Å². The van der Waals surface area contributed by atoms with Gasteiger partial charge < -0.3 is 14.5 Å². The number of carbonyl (C=O) groups excluding carboxylic acids is 1. The fraction of sp³-hybridized carbons (Fsp3) is 0.450. The van der Waals surface area contributed by atoms with Gasteiger partial charge in [0.05, 0.1) is 30.7 Å². The minimum atomic E-state index is -0.0392. The lowest BCUT2D eigenvalue weighted by Gasteiger charge is -2.44. The SMILES string of the molecule is O=C(c1cccnc1)N1CCC[C@@]2(COCCN(c3cccnc3)C2)C1. The molecule has 2 aromatic rings. The molecule has 0 unspecified atom stereocenters. The van der Waals surface area contributed by atoms with Crippen LogP contribution in [0, 0.1) is 5.41 Å². The Morgan fingerprint density at radius 1 is 1.08 bits per heavy atom. The molecule has 2 saturated heterocycles. The van der Waals surface area contributed by atoms with E-state index in [0.717, 1.165) is 44.7 Å². The normalized spacial score (nSPS) is 23.7. The molecule has 2 aromatic heterocycles. The highest BCUT2D eigenvalue weighted by molar-refractivity contribution is 5.94. The van der Waals surface area contributed by atoms with E-state index >= 15 is 0 Å². The smallest absolute Gasteiger partial charge is 0.255 e. The maximum Gasteiger partial charge on any atom is 0.255 e. The van der Waals surface area contributed by atoms with Crippen molar-refractivity contribution in [1.82, 2.24) is 14.9 Å². The summed E-state index contributed by atoms with van der Waals surface area (Å²) in [6.07, 6.45) is 9.11. The molecular weight excluding hydrogens is 328 g/mol. The molecule has 1 spiro atoms. The molecule has 2 aliphatic rings. The van der Waals surface area contributed by atoms with Crippen molar-refractivity contribution in [2.45, 2.75) is 12.8 Å². The van der Waals surface area contributed by atoms with Crippen LogP contribution in [0.15, 0.2) is 49.1 Å². The summed E-state index contributed by atoms with van der Waals surface area (Å²) in [5.41, 5.74) is 1.74. The highest BCUT2D eigenvalue weighted by Crippen LogP contribution is 2.34. The zero-order valence-corrected chi connectivity index (χ0v) is 14.9. The van der Waals surface area contributed by atoms with E-state index in [2.05, 4.69) is 20.9 Å². The second-order valence-electron chi connectivity index (χ2n) is 7.26. The van der Waals surface area contributed by atoms with Crippen LogP contribution in [0.25, 0.3) is 0 Å². The van der Waals surface area contributed by atoms with E-state index in [9.17, 15) is 4.79 Å². The Morgan fingerprint density at radius 3 is 2.69 bits per heavy atom. The number of pyridine rings is 2. The fourth-order valence-corrected chi connectivity index (χ4v) is 4.05. The molecule has 0 bridgehead atoms. The van der Waals surface area contributed by atoms with Crippen molar-refractivity contribution in [3.63, 3.8) is 0 Å². The van der Waals surface area contributed by atoms with Crippen molar-refractivity contribution in [3.8, 4) is 0 Å². The third kappa shape index (κ3) is 3.55. The van der Waals surface area contributed by atoms with Crippen molar-refractivity contribution in [1.29, 1.82) is 0 Å². The Morgan fingerprint density at radius 2 is 1.92 bits per heavy atom. The molecule has 1 atom stereocenters. The lowest BCUT2D eigenvalue weighted by atomic mass is 9.79. The van der Waals surface area contributed by atoms with E-state index in [1.54, 1.807) is 18.6 Å². The predicted molar refractivity (Wildman–Crippen MR) is 99.1 cm³/mol. The number of piperidine rings is 1. The molecule has 0 radical (unpaired) electrons. The summed E-state index contributed by atoms with van der Waals surface area (Å²) in [6.45, 7) is 4.65. The largest absolute Gasteiger partial charge is 0.379 e. The third-order valence-corrected chi connectivity index (χ3v) is 5.31. The highest BCUT2D eigenvalue weighted by Gasteiger charge is 2.40. The van der Waals surface area contributed by atoms with Crippen LogP contribution in [0.4, 0.5) is 5.69 Å². The summed E-state index contributed by atoms with van der Waals surface area (Å²) in [5, 5.41) is 0. The van der Waals surface area contributed by atoms with Gasteiger partial charge in [0.1, 0.15) is 0 Å². The van der Waals surface area contributed by atoms with E-state index < -0.39 is 0 Å². The number of hydrogen-bond donors (Lipinski definition) is 0. The zero-order valence-electron chi connectivity index (χ0n) is 14.9. The maximum absolute atomic E-state index is 12.9. The van der Waals surface area contributed by atoms with Gasteiger partial charge in [0.15, 0.2) is 0 Å². The molecule has 0 aromatic carbocycles. The Labute approximate surface area is 153 Å². The van der Waals surface area contributed by atoms with Crippen molar-refractivity contribution in [2.75, 3.05) is 44.3 Å². The Kier molecular flexibility index (Phi) is 4.84. The molecule has 1 amide bonds. The van der Waals surface area contributed by atoms with Gasteiger partial charge in [0.2, 0.25) is 0 Å². The summed E-state index contributed by atoms with van der Waals surface area (Å²) < 4.78 is 5.96. The summed E-state index contributed by atoms with van der Waals surface area (Å²) in [4.78, 5) is 25.5. The number of carbonyl (C=O) groups is 1. The number of amides is 1. The summed E-state index contributed by atoms with van der Waals surface area (Å²) in [6, 6.07) is 7.70. The molecule has 6 heteroatoms. The summed E-state index contributed by atoms with van der Waals surface area (Å²) in [5.74, 6) is 0.0642. The third-order valence-electron chi connectivity index (χ3n) is 5.31. The van der Waals surface area contributed by atoms with Crippen LogP contribution >= 0.6 is 0 Å². The van der Waals surface area contributed by atoms with Gasteiger partial charge >= 0.3 is 0 Å². The molecule has 2 fully saturated rings. The van der Waals surface area contributed by atoms with Crippen molar-refractivity contribution >= 4 is 11.6 Å². The average molecular weight is 352 g/mol. The molecule has 0 saturated carbocycles. The average Bonchev–Trinajstić information content (AvgIpc) is 2.91. The standard InChI is InChI=1S/C20H24N4O2/c25-19(17-4-1-7-21-12-17)24-9-3-6-20(15-24)14-23(10-11-26-16-20)18-5-2-8-22-13-18/h1-2,4-5,7-8,12-13H,3,6,9-11,14-16H2/t20-/m0/s1. The van der Waals surface area contributed by atoms with Crippen LogP contribution in [-0.4, -0.2) is 60.2 Å². The monoisotopic (exact) mass is 352 g/mol. The molecule has 0 aliphatic carbocycles. The first-order valence-corrected chi connectivity index (χ1v) is 9.18. The van der Waals surface area contributed by atoms with E-state index in [-0.39, 0.29) is 11.3 Å². The molecule has 0 N–H and O–H groups in total. The number of rotatable bonds is 2. The number of hydrogen-bond acceptors (Lipinski definition) is 5. The molecule has 4 heterocycles. The number of aromatic nitrogens is 2. The topological polar surface area (TPSA) is 58.6 Å². The summed E-state index contributed by atoms with van der Waals surface area (Å²) >= 11 is 0. The van der Waals surface area contributed by atoms with E-state index in [1.807, 2.05) is 29.3 Å². The van der Waals surface area contributed by atoms with Crippen LogP contribution in [0.2, 0.25) is 0 Å². The number of ether oxygens (including phenoxy) is 1. The zero-order chi connectivity index (χ0) is 17.8. The van der Waals surface area contributed by atoms with E-state index in [0.29, 0.717) is 18.8 Å². The molecule has 136 valence electrons. The van der Waals surface area contributed by atoms with Crippen LogP contribution in [0.3, 0.4) is 0 Å². The Balaban J connectivity index is 1.53. The van der Waals surface area contributed by atoms with Crippen molar-refractivity contribution in [2.24, 2.45) is 5.41 Å². The van der Waals surface area contributed by atoms with E-state index in [4.69, 9.17) is 4.74 Å². The minimum absolute atomic E-state index is 0.0392. The molecule has 4 rings (SSSR count). The van der Waals surface area contributed by atoms with Crippen LogP contribution in [0.5, 0.6) is 0 Å². The first-order valence-electron chi connectivity index (χ1n) is 9.18. The van der Waals surface area contributed by atoms with Crippen LogP contribution in [-0.2, 0) is 4.74 Å². The number of likely N-dealkylation sites (tertiary alicyclic amines) is 1. The van der Waals surface area contributed by atoms with Gasteiger partial charge in [-0.15, -0.1) is 0 Å². The molecule has 26 heavy (non-hydrogen) atoms. The van der Waals surface area contributed by atoms with Gasteiger partial charge in [-0.05, 0) is 37.1 Å². The van der Waals surface area contributed by atoms with Gasteiger partial charge in [-0.1, -0.05) is 0 Å². The Hall–Kier alpha value is -2.47. The molecule has 6 nitrogen and oxygen atoms in total. The van der Waals surface area contributed by atoms with Gasteiger partial charge in [-0.2, -0.15) is 0 Å². The second kappa shape index (κ2) is 7.41. The lowest BCUT2D eigenvalue weighted by molar-refractivity contribution is 0.0135. The first kappa shape index (κ1) is 17.0.